The van der Waals surface area contributed by atoms with E-state index < -0.39 is 0 Å². The highest BCUT2D eigenvalue weighted by Gasteiger charge is 2.04. The Bertz CT molecular complexity index is 593. The predicted octanol–water partition coefficient (Wildman–Crippen LogP) is 3.03. The molecule has 2 N–H and O–H groups in total. The summed E-state index contributed by atoms with van der Waals surface area (Å²) in [6.07, 6.45) is 0. The van der Waals surface area contributed by atoms with Crippen LogP contribution in [0.2, 0.25) is 0 Å². The number of carbonyl (C=O) groups excluding carboxylic acids is 1. The lowest BCUT2D eigenvalue weighted by Crippen LogP contribution is -2.28. The molecule has 104 valence electrons. The quantitative estimate of drug-likeness (QED) is 0.875. The molecule has 0 saturated heterocycles. The summed E-state index contributed by atoms with van der Waals surface area (Å²) in [6.45, 7) is 5.07. The van der Waals surface area contributed by atoms with Crippen LogP contribution in [0.5, 0.6) is 0 Å². The van der Waals surface area contributed by atoms with Crippen LogP contribution < -0.4 is 10.6 Å². The van der Waals surface area contributed by atoms with E-state index in [4.69, 9.17) is 0 Å². The SMILES string of the molecule is Cc1ccccc1CNCC(=O)Nc1ccccc1C. The Morgan fingerprint density at radius 1 is 0.950 bits per heavy atom. The fourth-order valence-corrected chi connectivity index (χ4v) is 2.03. The molecule has 0 heterocycles. The normalized spacial score (nSPS) is 10.3. The molecule has 0 radical (unpaired) electrons. The topological polar surface area (TPSA) is 41.1 Å². The van der Waals surface area contributed by atoms with Crippen molar-refractivity contribution in [2.75, 3.05) is 11.9 Å². The molecule has 0 aromatic heterocycles. The Morgan fingerprint density at radius 2 is 1.60 bits per heavy atom. The molecule has 0 aliphatic carbocycles. The second kappa shape index (κ2) is 6.87. The van der Waals surface area contributed by atoms with Gasteiger partial charge in [0.25, 0.3) is 0 Å². The van der Waals surface area contributed by atoms with Gasteiger partial charge in [-0.15, -0.1) is 0 Å². The van der Waals surface area contributed by atoms with Crippen LogP contribution in [0.4, 0.5) is 5.69 Å². The van der Waals surface area contributed by atoms with E-state index in [0.717, 1.165) is 11.3 Å². The zero-order valence-electron chi connectivity index (χ0n) is 11.9. The summed E-state index contributed by atoms with van der Waals surface area (Å²) in [4.78, 5) is 11.9. The Labute approximate surface area is 120 Å². The van der Waals surface area contributed by atoms with Crippen molar-refractivity contribution >= 4 is 11.6 Å². The van der Waals surface area contributed by atoms with E-state index >= 15 is 0 Å². The fraction of sp³-hybridized carbons (Fsp3) is 0.235. The summed E-state index contributed by atoms with van der Waals surface area (Å²) in [5.74, 6) is -0.0205. The first-order chi connectivity index (χ1) is 9.66. The van der Waals surface area contributed by atoms with Crippen molar-refractivity contribution < 1.29 is 4.79 Å². The summed E-state index contributed by atoms with van der Waals surface area (Å²) in [5.41, 5.74) is 4.39. The average molecular weight is 268 g/mol. The van der Waals surface area contributed by atoms with E-state index in [2.05, 4.69) is 29.7 Å². The summed E-state index contributed by atoms with van der Waals surface area (Å²) in [7, 11) is 0. The van der Waals surface area contributed by atoms with Crippen molar-refractivity contribution in [3.05, 3.63) is 65.2 Å². The molecule has 0 bridgehead atoms. The van der Waals surface area contributed by atoms with Crippen LogP contribution >= 0.6 is 0 Å². The van der Waals surface area contributed by atoms with Gasteiger partial charge in [-0.25, -0.2) is 0 Å². The van der Waals surface area contributed by atoms with Crippen molar-refractivity contribution in [1.29, 1.82) is 0 Å². The zero-order valence-corrected chi connectivity index (χ0v) is 11.9. The molecule has 0 atom stereocenters. The van der Waals surface area contributed by atoms with Gasteiger partial charge in [-0.3, -0.25) is 4.79 Å². The van der Waals surface area contributed by atoms with Gasteiger partial charge in [0.2, 0.25) is 5.91 Å². The highest BCUT2D eigenvalue weighted by Crippen LogP contribution is 2.12. The minimum Gasteiger partial charge on any atom is -0.325 e. The number of anilines is 1. The molecular weight excluding hydrogens is 248 g/mol. The summed E-state index contributed by atoms with van der Waals surface area (Å²) < 4.78 is 0. The van der Waals surface area contributed by atoms with Gasteiger partial charge >= 0.3 is 0 Å². The predicted molar refractivity (Wildman–Crippen MR) is 82.7 cm³/mol. The van der Waals surface area contributed by atoms with E-state index in [1.165, 1.54) is 11.1 Å². The minimum absolute atomic E-state index is 0.0205. The molecule has 0 aliphatic rings. The van der Waals surface area contributed by atoms with Gasteiger partial charge in [-0.1, -0.05) is 42.5 Å². The smallest absolute Gasteiger partial charge is 0.238 e. The number of para-hydroxylation sites is 1. The summed E-state index contributed by atoms with van der Waals surface area (Å²) >= 11 is 0. The van der Waals surface area contributed by atoms with Crippen LogP contribution in [0, 0.1) is 13.8 Å². The van der Waals surface area contributed by atoms with Crippen LogP contribution in [0.25, 0.3) is 0 Å². The molecule has 2 rings (SSSR count). The number of nitrogens with one attached hydrogen (secondary N) is 2. The molecule has 0 aliphatic heterocycles. The van der Waals surface area contributed by atoms with Crippen LogP contribution in [0.3, 0.4) is 0 Å². The van der Waals surface area contributed by atoms with Crippen LogP contribution in [0.15, 0.2) is 48.5 Å². The molecule has 0 saturated carbocycles. The second-order valence-electron chi connectivity index (χ2n) is 4.89. The molecule has 3 nitrogen and oxygen atoms in total. The Kier molecular flexibility index (Phi) is 4.91. The fourth-order valence-electron chi connectivity index (χ4n) is 2.03. The molecule has 2 aromatic rings. The first-order valence-corrected chi connectivity index (χ1v) is 6.77. The number of amides is 1. The van der Waals surface area contributed by atoms with E-state index in [0.29, 0.717) is 13.1 Å². The third kappa shape index (κ3) is 3.93. The first-order valence-electron chi connectivity index (χ1n) is 6.77. The number of hydrogen-bond donors (Lipinski definition) is 2. The van der Waals surface area contributed by atoms with Crippen molar-refractivity contribution in [3.63, 3.8) is 0 Å². The van der Waals surface area contributed by atoms with E-state index in [1.807, 2.05) is 43.3 Å². The second-order valence-corrected chi connectivity index (χ2v) is 4.89. The maximum absolute atomic E-state index is 11.9. The van der Waals surface area contributed by atoms with Gasteiger partial charge in [0.05, 0.1) is 6.54 Å². The average Bonchev–Trinajstić information content (AvgIpc) is 2.43. The maximum atomic E-state index is 11.9. The largest absolute Gasteiger partial charge is 0.325 e. The zero-order chi connectivity index (χ0) is 14.4. The highest BCUT2D eigenvalue weighted by molar-refractivity contribution is 5.92. The van der Waals surface area contributed by atoms with Crippen LogP contribution in [-0.4, -0.2) is 12.5 Å². The monoisotopic (exact) mass is 268 g/mol. The van der Waals surface area contributed by atoms with Gasteiger partial charge < -0.3 is 10.6 Å². The Morgan fingerprint density at radius 3 is 2.30 bits per heavy atom. The number of hydrogen-bond acceptors (Lipinski definition) is 2. The van der Waals surface area contributed by atoms with Crippen LogP contribution in [-0.2, 0) is 11.3 Å². The molecule has 3 heteroatoms. The van der Waals surface area contributed by atoms with Gasteiger partial charge in [0.1, 0.15) is 0 Å². The van der Waals surface area contributed by atoms with Gasteiger partial charge in [0, 0.05) is 12.2 Å². The number of aryl methyl sites for hydroxylation is 2. The molecule has 0 spiro atoms. The lowest BCUT2D eigenvalue weighted by molar-refractivity contribution is -0.115. The lowest BCUT2D eigenvalue weighted by Gasteiger charge is -2.10. The van der Waals surface area contributed by atoms with Crippen molar-refractivity contribution in [1.82, 2.24) is 5.32 Å². The van der Waals surface area contributed by atoms with Crippen LogP contribution in [0.1, 0.15) is 16.7 Å². The van der Waals surface area contributed by atoms with E-state index in [-0.39, 0.29) is 5.91 Å². The Balaban J connectivity index is 1.82. The molecule has 0 unspecified atom stereocenters. The third-order valence-electron chi connectivity index (χ3n) is 3.28. The van der Waals surface area contributed by atoms with Gasteiger partial charge in [-0.05, 0) is 36.6 Å². The number of benzene rings is 2. The standard InChI is InChI=1S/C17H20N2O/c1-13-7-3-5-9-15(13)11-18-12-17(20)19-16-10-6-4-8-14(16)2/h3-10,18H,11-12H2,1-2H3,(H,19,20). The maximum Gasteiger partial charge on any atom is 0.238 e. The van der Waals surface area contributed by atoms with Crippen molar-refractivity contribution in [2.24, 2.45) is 0 Å². The minimum atomic E-state index is -0.0205. The Hall–Kier alpha value is -2.13. The summed E-state index contributed by atoms with van der Waals surface area (Å²) in [6, 6.07) is 15.9. The molecular formula is C17H20N2O. The number of carbonyl (C=O) groups is 1. The van der Waals surface area contributed by atoms with Crippen molar-refractivity contribution in [2.45, 2.75) is 20.4 Å². The molecule has 0 fully saturated rings. The third-order valence-corrected chi connectivity index (χ3v) is 3.28. The van der Waals surface area contributed by atoms with Crippen molar-refractivity contribution in [3.8, 4) is 0 Å². The highest BCUT2D eigenvalue weighted by atomic mass is 16.1. The van der Waals surface area contributed by atoms with E-state index in [9.17, 15) is 4.79 Å². The first kappa shape index (κ1) is 14.3. The summed E-state index contributed by atoms with van der Waals surface area (Å²) in [5, 5.41) is 6.08. The van der Waals surface area contributed by atoms with Gasteiger partial charge in [-0.2, -0.15) is 0 Å². The van der Waals surface area contributed by atoms with E-state index in [1.54, 1.807) is 0 Å². The molecule has 2 aromatic carbocycles. The molecule has 1 amide bonds. The number of rotatable bonds is 5. The lowest BCUT2D eigenvalue weighted by atomic mass is 10.1. The van der Waals surface area contributed by atoms with Gasteiger partial charge in [0.15, 0.2) is 0 Å². The molecule has 20 heavy (non-hydrogen) atoms.